The standard InChI is InChI=1S/C10H16O2/c1-7-6-8-4-2-3-5-9(8)10(11)12-7/h7-9H,2-6H2,1H3/t7-,8-,9+/m1/s1. The smallest absolute Gasteiger partial charge is 0.309 e. The summed E-state index contributed by atoms with van der Waals surface area (Å²) >= 11 is 0. The lowest BCUT2D eigenvalue weighted by Crippen LogP contribution is -2.38. The first-order valence-electron chi connectivity index (χ1n) is 4.98. The van der Waals surface area contributed by atoms with Crippen molar-refractivity contribution in [1.29, 1.82) is 0 Å². The highest BCUT2D eigenvalue weighted by molar-refractivity contribution is 5.73. The molecule has 1 aliphatic carbocycles. The Kier molecular flexibility index (Phi) is 2.07. The Morgan fingerprint density at radius 2 is 2.08 bits per heavy atom. The summed E-state index contributed by atoms with van der Waals surface area (Å²) in [6.07, 6.45) is 6.08. The van der Waals surface area contributed by atoms with Gasteiger partial charge in [0, 0.05) is 0 Å². The third-order valence-corrected chi connectivity index (χ3v) is 3.16. The number of ether oxygens (including phenoxy) is 1. The average molecular weight is 168 g/mol. The van der Waals surface area contributed by atoms with Gasteiger partial charge in [-0.2, -0.15) is 0 Å². The second-order valence-electron chi connectivity index (χ2n) is 4.13. The second-order valence-corrected chi connectivity index (χ2v) is 4.13. The molecular formula is C10H16O2. The zero-order valence-electron chi connectivity index (χ0n) is 7.58. The van der Waals surface area contributed by atoms with Crippen LogP contribution in [0, 0.1) is 11.8 Å². The van der Waals surface area contributed by atoms with E-state index in [2.05, 4.69) is 0 Å². The Labute approximate surface area is 73.3 Å². The summed E-state index contributed by atoms with van der Waals surface area (Å²) < 4.78 is 5.22. The average Bonchev–Trinajstić information content (AvgIpc) is 2.04. The van der Waals surface area contributed by atoms with Crippen molar-refractivity contribution < 1.29 is 9.53 Å². The number of carbonyl (C=O) groups excluding carboxylic acids is 1. The van der Waals surface area contributed by atoms with Gasteiger partial charge in [-0.25, -0.2) is 0 Å². The summed E-state index contributed by atoms with van der Waals surface area (Å²) in [5.74, 6) is 0.948. The van der Waals surface area contributed by atoms with Crippen molar-refractivity contribution in [3.63, 3.8) is 0 Å². The molecule has 2 nitrogen and oxygen atoms in total. The second kappa shape index (κ2) is 3.08. The van der Waals surface area contributed by atoms with E-state index in [-0.39, 0.29) is 18.0 Å². The van der Waals surface area contributed by atoms with Gasteiger partial charge in [0.1, 0.15) is 0 Å². The predicted molar refractivity (Wildman–Crippen MR) is 45.6 cm³/mol. The van der Waals surface area contributed by atoms with Crippen LogP contribution in [0.4, 0.5) is 0 Å². The lowest BCUT2D eigenvalue weighted by Gasteiger charge is -2.36. The van der Waals surface area contributed by atoms with Crippen LogP contribution in [0.2, 0.25) is 0 Å². The Balaban J connectivity index is 2.06. The van der Waals surface area contributed by atoms with E-state index in [1.165, 1.54) is 19.3 Å². The van der Waals surface area contributed by atoms with Gasteiger partial charge in [-0.3, -0.25) is 4.79 Å². The van der Waals surface area contributed by atoms with E-state index in [4.69, 9.17) is 4.74 Å². The normalized spacial score (nSPS) is 41.8. The van der Waals surface area contributed by atoms with Crippen LogP contribution in [0.3, 0.4) is 0 Å². The Bertz CT molecular complexity index is 188. The lowest BCUT2D eigenvalue weighted by atomic mass is 9.75. The van der Waals surface area contributed by atoms with E-state index >= 15 is 0 Å². The molecular weight excluding hydrogens is 152 g/mol. The Morgan fingerprint density at radius 3 is 2.92 bits per heavy atom. The van der Waals surface area contributed by atoms with Gasteiger partial charge in [0.15, 0.2) is 0 Å². The molecule has 2 rings (SSSR count). The third kappa shape index (κ3) is 1.35. The first kappa shape index (κ1) is 8.09. The van der Waals surface area contributed by atoms with Crippen molar-refractivity contribution in [3.8, 4) is 0 Å². The van der Waals surface area contributed by atoms with Crippen molar-refractivity contribution >= 4 is 5.97 Å². The number of fused-ring (bicyclic) bond motifs is 1. The van der Waals surface area contributed by atoms with Gasteiger partial charge in [-0.05, 0) is 32.1 Å². The molecule has 0 N–H and O–H groups in total. The SMILES string of the molecule is C[C@@H]1C[C@H]2CCCC[C@@H]2C(=O)O1. The van der Waals surface area contributed by atoms with Gasteiger partial charge < -0.3 is 4.74 Å². The number of hydrogen-bond acceptors (Lipinski definition) is 2. The van der Waals surface area contributed by atoms with E-state index in [1.54, 1.807) is 0 Å². The molecule has 1 saturated heterocycles. The van der Waals surface area contributed by atoms with Crippen LogP contribution in [0.5, 0.6) is 0 Å². The van der Waals surface area contributed by atoms with E-state index in [9.17, 15) is 4.79 Å². The van der Waals surface area contributed by atoms with Crippen molar-refractivity contribution in [2.45, 2.75) is 45.1 Å². The molecule has 12 heavy (non-hydrogen) atoms. The van der Waals surface area contributed by atoms with E-state index in [0.717, 1.165) is 12.8 Å². The van der Waals surface area contributed by atoms with Crippen LogP contribution in [-0.2, 0) is 9.53 Å². The fraction of sp³-hybridized carbons (Fsp3) is 0.900. The molecule has 2 aliphatic rings. The van der Waals surface area contributed by atoms with Gasteiger partial charge in [-0.1, -0.05) is 12.8 Å². The first-order valence-corrected chi connectivity index (χ1v) is 4.98. The monoisotopic (exact) mass is 168 g/mol. The minimum absolute atomic E-state index is 0.0680. The summed E-state index contributed by atoms with van der Waals surface area (Å²) in [5.41, 5.74) is 0. The third-order valence-electron chi connectivity index (χ3n) is 3.16. The maximum Gasteiger partial charge on any atom is 0.309 e. The highest BCUT2D eigenvalue weighted by Gasteiger charge is 2.37. The van der Waals surface area contributed by atoms with Gasteiger partial charge in [0.25, 0.3) is 0 Å². The molecule has 1 aliphatic heterocycles. The predicted octanol–water partition coefficient (Wildman–Crippen LogP) is 2.13. The molecule has 0 aromatic rings. The summed E-state index contributed by atoms with van der Waals surface area (Å²) in [6, 6.07) is 0. The Hall–Kier alpha value is -0.530. The summed E-state index contributed by atoms with van der Waals surface area (Å²) in [5, 5.41) is 0. The number of cyclic esters (lactones) is 1. The van der Waals surface area contributed by atoms with Gasteiger partial charge in [-0.15, -0.1) is 0 Å². The van der Waals surface area contributed by atoms with Gasteiger partial charge in [0.2, 0.25) is 0 Å². The Morgan fingerprint density at radius 1 is 1.33 bits per heavy atom. The lowest BCUT2D eigenvalue weighted by molar-refractivity contribution is -0.165. The number of carbonyl (C=O) groups is 1. The minimum Gasteiger partial charge on any atom is -0.462 e. The topological polar surface area (TPSA) is 26.3 Å². The fourth-order valence-electron chi connectivity index (χ4n) is 2.56. The molecule has 0 spiro atoms. The number of esters is 1. The quantitative estimate of drug-likeness (QED) is 0.518. The molecule has 0 unspecified atom stereocenters. The van der Waals surface area contributed by atoms with E-state index < -0.39 is 0 Å². The fourth-order valence-corrected chi connectivity index (χ4v) is 2.56. The van der Waals surface area contributed by atoms with Crippen LogP contribution in [0.1, 0.15) is 39.0 Å². The minimum atomic E-state index is 0.0680. The molecule has 0 radical (unpaired) electrons. The zero-order valence-corrected chi connectivity index (χ0v) is 7.58. The molecule has 68 valence electrons. The van der Waals surface area contributed by atoms with Gasteiger partial charge >= 0.3 is 5.97 Å². The molecule has 2 fully saturated rings. The van der Waals surface area contributed by atoms with Crippen LogP contribution >= 0.6 is 0 Å². The summed E-state index contributed by atoms with van der Waals surface area (Å²) in [4.78, 5) is 11.4. The zero-order chi connectivity index (χ0) is 8.55. The van der Waals surface area contributed by atoms with Gasteiger partial charge in [0.05, 0.1) is 12.0 Å². The van der Waals surface area contributed by atoms with Crippen LogP contribution in [0.25, 0.3) is 0 Å². The van der Waals surface area contributed by atoms with E-state index in [0.29, 0.717) is 5.92 Å². The highest BCUT2D eigenvalue weighted by Crippen LogP contribution is 2.37. The van der Waals surface area contributed by atoms with Crippen molar-refractivity contribution in [2.75, 3.05) is 0 Å². The molecule has 0 bridgehead atoms. The van der Waals surface area contributed by atoms with Crippen molar-refractivity contribution in [3.05, 3.63) is 0 Å². The maximum atomic E-state index is 11.4. The number of hydrogen-bond donors (Lipinski definition) is 0. The number of rotatable bonds is 0. The molecule has 1 saturated carbocycles. The molecule has 0 aromatic heterocycles. The summed E-state index contributed by atoms with van der Waals surface area (Å²) in [6.45, 7) is 2.00. The molecule has 0 amide bonds. The summed E-state index contributed by atoms with van der Waals surface area (Å²) in [7, 11) is 0. The molecule has 1 heterocycles. The first-order chi connectivity index (χ1) is 5.77. The molecule has 3 atom stereocenters. The highest BCUT2D eigenvalue weighted by atomic mass is 16.5. The van der Waals surface area contributed by atoms with Crippen LogP contribution in [0.15, 0.2) is 0 Å². The van der Waals surface area contributed by atoms with E-state index in [1.807, 2.05) is 6.92 Å². The van der Waals surface area contributed by atoms with Crippen molar-refractivity contribution in [2.24, 2.45) is 11.8 Å². The maximum absolute atomic E-state index is 11.4. The van der Waals surface area contributed by atoms with Crippen LogP contribution in [-0.4, -0.2) is 12.1 Å². The van der Waals surface area contributed by atoms with Crippen molar-refractivity contribution in [1.82, 2.24) is 0 Å². The molecule has 2 heteroatoms. The van der Waals surface area contributed by atoms with Crippen LogP contribution < -0.4 is 0 Å². The molecule has 0 aromatic carbocycles. The largest absolute Gasteiger partial charge is 0.462 e.